The smallest absolute Gasteiger partial charge is 0.136 e. The molecule has 0 aliphatic heterocycles. The van der Waals surface area contributed by atoms with Crippen LogP contribution in [0.2, 0.25) is 0 Å². The molecule has 0 aliphatic carbocycles. The Morgan fingerprint density at radius 1 is 0.321 bits per heavy atom. The summed E-state index contributed by atoms with van der Waals surface area (Å²) in [5, 5.41) is 4.74. The molecule has 0 aliphatic rings. The van der Waals surface area contributed by atoms with Crippen molar-refractivity contribution in [2.75, 3.05) is 0 Å². The molecule has 0 bridgehead atoms. The van der Waals surface area contributed by atoms with Crippen molar-refractivity contribution in [1.82, 2.24) is 0 Å². The molecule has 0 saturated carbocycles. The van der Waals surface area contributed by atoms with Crippen LogP contribution in [0.15, 0.2) is 198 Å². The summed E-state index contributed by atoms with van der Waals surface area (Å²) >= 11 is 0. The zero-order valence-corrected chi connectivity index (χ0v) is 27.9. The van der Waals surface area contributed by atoms with Crippen molar-refractivity contribution in [3.63, 3.8) is 0 Å². The summed E-state index contributed by atoms with van der Waals surface area (Å²) < 4.78 is 123. The second kappa shape index (κ2) is 11.8. The van der Waals surface area contributed by atoms with Gasteiger partial charge in [-0.3, -0.25) is 0 Å². The van der Waals surface area contributed by atoms with E-state index in [-0.39, 0.29) is 32.7 Å². The highest BCUT2D eigenvalue weighted by Gasteiger charge is 2.19. The van der Waals surface area contributed by atoms with Crippen LogP contribution in [0.4, 0.5) is 0 Å². The molecule has 0 radical (unpaired) electrons. The third-order valence-electron chi connectivity index (χ3n) is 10.2. The summed E-state index contributed by atoms with van der Waals surface area (Å²) in [6.07, 6.45) is 0. The molecule has 246 valence electrons. The molecule has 1 nitrogen and oxygen atoms in total. The van der Waals surface area contributed by atoms with Crippen LogP contribution in [0.25, 0.3) is 110 Å². The molecule has 11 aromatic rings. The molecule has 1 heterocycles. The molecule has 1 aromatic heterocycles. The number of hydrogen-bond acceptors (Lipinski definition) is 1. The van der Waals surface area contributed by atoms with E-state index in [9.17, 15) is 5.48 Å². The average molecular weight is 686 g/mol. The summed E-state index contributed by atoms with van der Waals surface area (Å²) in [5.41, 5.74) is 4.78. The van der Waals surface area contributed by atoms with Crippen molar-refractivity contribution >= 4 is 65.0 Å². The first-order valence-electron chi connectivity index (χ1n) is 23.7. The Hall–Kier alpha value is -6.96. The van der Waals surface area contributed by atoms with Gasteiger partial charge < -0.3 is 4.42 Å². The molecule has 0 atom stereocenters. The third-order valence-corrected chi connectivity index (χ3v) is 10.2. The number of benzene rings is 10. The highest BCUT2D eigenvalue weighted by Crippen LogP contribution is 2.46. The number of fused-ring (bicyclic) bond motifs is 7. The Labute approximate surface area is 325 Å². The molecule has 0 unspecified atom stereocenters. The highest BCUT2D eigenvalue weighted by molar-refractivity contribution is 6.24. The van der Waals surface area contributed by atoms with Crippen LogP contribution in [-0.4, -0.2) is 0 Å². The van der Waals surface area contributed by atoms with Crippen LogP contribution in [0, 0.1) is 0 Å². The monoisotopic (exact) mass is 685 g/mol. The van der Waals surface area contributed by atoms with Gasteiger partial charge in [0, 0.05) is 10.8 Å². The molecule has 11 rings (SSSR count). The van der Waals surface area contributed by atoms with Crippen molar-refractivity contribution in [2.24, 2.45) is 0 Å². The van der Waals surface area contributed by atoms with Gasteiger partial charge in [0.05, 0.1) is 17.8 Å². The van der Waals surface area contributed by atoms with E-state index in [1.807, 2.05) is 60.7 Å². The minimum absolute atomic E-state index is 0.0767. The first-order chi connectivity index (χ1) is 31.7. The minimum Gasteiger partial charge on any atom is -0.456 e. The molecule has 0 fully saturated rings. The first kappa shape index (κ1) is 19.6. The van der Waals surface area contributed by atoms with E-state index in [1.165, 1.54) is 0 Å². The van der Waals surface area contributed by atoms with E-state index in [2.05, 4.69) is 42.5 Å². The Balaban J connectivity index is 1.18. The lowest BCUT2D eigenvalue weighted by atomic mass is 9.84. The van der Waals surface area contributed by atoms with Gasteiger partial charge in [-0.05, 0) is 118 Å². The fourth-order valence-electron chi connectivity index (χ4n) is 7.78. The summed E-state index contributed by atoms with van der Waals surface area (Å²) in [4.78, 5) is 0. The van der Waals surface area contributed by atoms with Crippen LogP contribution in [-0.2, 0) is 0 Å². The topological polar surface area (TPSA) is 13.1 Å². The molecule has 53 heavy (non-hydrogen) atoms. The van der Waals surface area contributed by atoms with Crippen LogP contribution >= 0.6 is 0 Å². The summed E-state index contributed by atoms with van der Waals surface area (Å²) in [7, 11) is 0. The van der Waals surface area contributed by atoms with Gasteiger partial charge in [0.2, 0.25) is 0 Å². The number of rotatable bonds is 4. The molecule has 1 heteroatoms. The maximum atomic E-state index is 9.41. The van der Waals surface area contributed by atoms with E-state index >= 15 is 0 Å². The van der Waals surface area contributed by atoms with Crippen LogP contribution in [0.5, 0.6) is 0 Å². The zero-order chi connectivity index (χ0) is 46.2. The molecule has 10 aromatic carbocycles. The molecular formula is C52H32O. The van der Waals surface area contributed by atoms with E-state index in [0.29, 0.717) is 16.5 Å². The largest absolute Gasteiger partial charge is 0.456 e. The Bertz CT molecular complexity index is 3880. The number of hydrogen-bond donors (Lipinski definition) is 0. The van der Waals surface area contributed by atoms with Crippen LogP contribution in [0.3, 0.4) is 0 Å². The predicted molar refractivity (Wildman–Crippen MR) is 225 cm³/mol. The third kappa shape index (κ3) is 4.71. The van der Waals surface area contributed by atoms with Crippen molar-refractivity contribution in [1.29, 1.82) is 0 Å². The second-order valence-electron chi connectivity index (χ2n) is 13.0. The SMILES string of the molecule is [2H]c1c([2H])c([2H])c(-c2c3c([2H])c([2H])c([2H])c([2H])c3c(-c3ccc(-c4ccc5c(c4)oc4cc(-c6ccc7ccccc7c6)ccc45)c4ccccc34)c3c([2H])c([2H])c([2H])c([2H])c23)c([2H])c1[2H]. The minimum atomic E-state index is -0.716. The lowest BCUT2D eigenvalue weighted by Gasteiger charge is -2.19. The normalized spacial score (nSPS) is 15.2. The highest BCUT2D eigenvalue weighted by atomic mass is 16.3. The van der Waals surface area contributed by atoms with Gasteiger partial charge in [0.25, 0.3) is 0 Å². The van der Waals surface area contributed by atoms with E-state index in [0.717, 1.165) is 54.8 Å². The summed E-state index contributed by atoms with van der Waals surface area (Å²) in [5.74, 6) is 0. The lowest BCUT2D eigenvalue weighted by molar-refractivity contribution is 0.669. The fraction of sp³-hybridized carbons (Fsp3) is 0. The Kier molecular flexibility index (Phi) is 4.36. The van der Waals surface area contributed by atoms with Crippen molar-refractivity contribution in [3.8, 4) is 44.5 Å². The van der Waals surface area contributed by atoms with E-state index in [1.54, 1.807) is 12.1 Å². The Morgan fingerprint density at radius 2 is 0.830 bits per heavy atom. The van der Waals surface area contributed by atoms with Gasteiger partial charge in [-0.25, -0.2) is 0 Å². The van der Waals surface area contributed by atoms with Crippen molar-refractivity contribution in [3.05, 3.63) is 194 Å². The standard InChI is InChI=1S/C52H32O/c1-2-13-34(14-3-1)51-44-18-8-10-20-46(44)52(47-21-11-9-19-45(47)51)48-29-28-39(40-16-6-7-17-41(40)48)38-25-27-43-42-26-24-37(31-49(42)53-50(43)32-38)36-23-22-33-12-4-5-15-35(33)30-36/h1-32H/i1D,2D,3D,8D,9D,10D,11D,13D,14D,18D,19D,20D,21D. The molecular weight excluding hydrogens is 641 g/mol. The van der Waals surface area contributed by atoms with Gasteiger partial charge >= 0.3 is 0 Å². The molecule has 0 amide bonds. The fourth-order valence-corrected chi connectivity index (χ4v) is 7.78. The molecule has 0 N–H and O–H groups in total. The zero-order valence-electron chi connectivity index (χ0n) is 40.9. The van der Waals surface area contributed by atoms with Crippen LogP contribution in [0.1, 0.15) is 17.8 Å². The van der Waals surface area contributed by atoms with Gasteiger partial charge in [0.1, 0.15) is 11.2 Å². The number of furan rings is 1. The molecule has 0 saturated heterocycles. The molecule has 0 spiro atoms. The van der Waals surface area contributed by atoms with Gasteiger partial charge in [-0.1, -0.05) is 163 Å². The van der Waals surface area contributed by atoms with Crippen molar-refractivity contribution < 1.29 is 22.2 Å². The van der Waals surface area contributed by atoms with Gasteiger partial charge in [0.15, 0.2) is 0 Å². The lowest BCUT2D eigenvalue weighted by Crippen LogP contribution is -1.92. The second-order valence-corrected chi connectivity index (χ2v) is 13.0. The van der Waals surface area contributed by atoms with Crippen molar-refractivity contribution in [2.45, 2.75) is 0 Å². The maximum absolute atomic E-state index is 9.41. The van der Waals surface area contributed by atoms with E-state index < -0.39 is 84.1 Å². The average Bonchev–Trinajstić information content (AvgIpc) is 3.71. The van der Waals surface area contributed by atoms with Gasteiger partial charge in [-0.2, -0.15) is 0 Å². The first-order valence-corrected chi connectivity index (χ1v) is 17.2. The maximum Gasteiger partial charge on any atom is 0.136 e. The summed E-state index contributed by atoms with van der Waals surface area (Å²) in [6.45, 7) is 0. The summed E-state index contributed by atoms with van der Waals surface area (Å²) in [6, 6.07) is 29.4. The van der Waals surface area contributed by atoms with E-state index in [4.69, 9.17) is 16.8 Å². The predicted octanol–water partition coefficient (Wildman–Crippen LogP) is 14.9. The quantitative estimate of drug-likeness (QED) is 0.168. The van der Waals surface area contributed by atoms with Crippen LogP contribution < -0.4 is 0 Å². The Morgan fingerprint density at radius 3 is 1.53 bits per heavy atom. The van der Waals surface area contributed by atoms with Gasteiger partial charge in [-0.15, -0.1) is 0 Å².